The van der Waals surface area contributed by atoms with E-state index in [2.05, 4.69) is 20.7 Å². The predicted molar refractivity (Wildman–Crippen MR) is 81.0 cm³/mol. The number of hydrogen-bond acceptors (Lipinski definition) is 4. The quantitative estimate of drug-likeness (QED) is 0.858. The van der Waals surface area contributed by atoms with Gasteiger partial charge in [0.25, 0.3) is 10.0 Å². The second kappa shape index (κ2) is 5.55. The second-order valence-electron chi connectivity index (χ2n) is 3.99. The predicted octanol–water partition coefficient (Wildman–Crippen LogP) is 3.32. The monoisotopic (exact) mass is 375 g/mol. The number of thiophene rings is 1. The summed E-state index contributed by atoms with van der Waals surface area (Å²) in [5.74, 6) is -1.26. The van der Waals surface area contributed by atoms with Crippen molar-refractivity contribution < 1.29 is 18.3 Å². The average Bonchev–Trinajstić information content (AvgIpc) is 2.83. The Morgan fingerprint density at radius 3 is 2.65 bits per heavy atom. The fraction of sp³-hybridized carbons (Fsp3) is 0.0833. The molecule has 0 radical (unpaired) electrons. The lowest BCUT2D eigenvalue weighted by atomic mass is 10.2. The van der Waals surface area contributed by atoms with Crippen molar-refractivity contribution in [1.29, 1.82) is 0 Å². The van der Waals surface area contributed by atoms with Crippen molar-refractivity contribution in [3.05, 3.63) is 44.6 Å². The van der Waals surface area contributed by atoms with E-state index in [-0.39, 0.29) is 9.77 Å². The maximum absolute atomic E-state index is 12.2. The molecule has 106 valence electrons. The fourth-order valence-electron chi connectivity index (χ4n) is 1.53. The number of aromatic carboxylic acids is 1. The van der Waals surface area contributed by atoms with Crippen LogP contribution >= 0.6 is 27.3 Å². The molecule has 20 heavy (non-hydrogen) atoms. The maximum Gasteiger partial charge on any atom is 0.347 e. The van der Waals surface area contributed by atoms with Crippen LogP contribution in [0.2, 0.25) is 0 Å². The lowest BCUT2D eigenvalue weighted by Gasteiger charge is -2.09. The Hall–Kier alpha value is -1.38. The highest BCUT2D eigenvalue weighted by atomic mass is 79.9. The van der Waals surface area contributed by atoms with Gasteiger partial charge in [-0.25, -0.2) is 13.2 Å². The summed E-state index contributed by atoms with van der Waals surface area (Å²) in [5, 5.41) is 10.4. The van der Waals surface area contributed by atoms with Crippen molar-refractivity contribution in [3.63, 3.8) is 0 Å². The topological polar surface area (TPSA) is 83.5 Å². The molecule has 0 saturated carbocycles. The molecule has 2 rings (SSSR count). The van der Waals surface area contributed by atoms with E-state index in [0.717, 1.165) is 21.4 Å². The number of rotatable bonds is 4. The van der Waals surface area contributed by atoms with Gasteiger partial charge >= 0.3 is 5.97 Å². The van der Waals surface area contributed by atoms with Gasteiger partial charge in [-0.3, -0.25) is 4.72 Å². The Morgan fingerprint density at radius 1 is 1.35 bits per heavy atom. The van der Waals surface area contributed by atoms with E-state index < -0.39 is 16.0 Å². The van der Waals surface area contributed by atoms with E-state index in [9.17, 15) is 13.2 Å². The third kappa shape index (κ3) is 3.02. The summed E-state index contributed by atoms with van der Waals surface area (Å²) < 4.78 is 27.5. The Bertz CT molecular complexity index is 768. The van der Waals surface area contributed by atoms with Crippen LogP contribution < -0.4 is 4.72 Å². The maximum atomic E-state index is 12.2. The summed E-state index contributed by atoms with van der Waals surface area (Å²) in [4.78, 5) is 10.6. The number of nitrogens with one attached hydrogen (secondary N) is 1. The lowest BCUT2D eigenvalue weighted by molar-refractivity contribution is 0.0698. The number of halogens is 1. The number of carboxylic acids is 1. The third-order valence-electron chi connectivity index (χ3n) is 2.54. The van der Waals surface area contributed by atoms with Gasteiger partial charge in [-0.15, -0.1) is 11.3 Å². The van der Waals surface area contributed by atoms with E-state index >= 15 is 0 Å². The molecular formula is C12H10BrNO4S2. The van der Waals surface area contributed by atoms with Gasteiger partial charge in [-0.2, -0.15) is 0 Å². The lowest BCUT2D eigenvalue weighted by Crippen LogP contribution is -2.15. The largest absolute Gasteiger partial charge is 0.477 e. The van der Waals surface area contributed by atoms with Crippen molar-refractivity contribution in [3.8, 4) is 0 Å². The van der Waals surface area contributed by atoms with Crippen molar-refractivity contribution in [1.82, 2.24) is 0 Å². The average molecular weight is 376 g/mol. The van der Waals surface area contributed by atoms with E-state index in [1.165, 1.54) is 11.4 Å². The normalized spacial score (nSPS) is 11.3. The fourth-order valence-corrected chi connectivity index (χ4v) is 4.22. The van der Waals surface area contributed by atoms with Gasteiger partial charge in [-0.05, 0) is 36.1 Å². The molecule has 1 heterocycles. The molecule has 1 aromatic heterocycles. The van der Waals surface area contributed by atoms with Gasteiger partial charge < -0.3 is 5.11 Å². The van der Waals surface area contributed by atoms with Crippen LogP contribution in [-0.4, -0.2) is 19.5 Å². The van der Waals surface area contributed by atoms with Crippen LogP contribution in [0.25, 0.3) is 0 Å². The molecule has 0 fully saturated rings. The van der Waals surface area contributed by atoms with Gasteiger partial charge in [0.05, 0.1) is 0 Å². The molecule has 0 aliphatic rings. The number of sulfonamides is 1. The van der Waals surface area contributed by atoms with E-state index in [4.69, 9.17) is 5.11 Å². The van der Waals surface area contributed by atoms with Gasteiger partial charge in [0.15, 0.2) is 0 Å². The van der Waals surface area contributed by atoms with E-state index in [1.54, 1.807) is 18.2 Å². The molecule has 0 saturated heterocycles. The molecule has 8 heteroatoms. The molecule has 5 nitrogen and oxygen atoms in total. The highest BCUT2D eigenvalue weighted by Gasteiger charge is 2.23. The van der Waals surface area contributed by atoms with E-state index in [0.29, 0.717) is 5.69 Å². The molecule has 0 spiro atoms. The van der Waals surface area contributed by atoms with Crippen LogP contribution in [0.1, 0.15) is 15.2 Å². The van der Waals surface area contributed by atoms with Crippen LogP contribution in [0.3, 0.4) is 0 Å². The molecule has 2 N–H and O–H groups in total. The molecule has 1 aromatic carbocycles. The summed E-state index contributed by atoms with van der Waals surface area (Å²) in [5.41, 5.74) is 1.33. The van der Waals surface area contributed by atoms with Crippen LogP contribution in [0.5, 0.6) is 0 Å². The summed E-state index contributed by atoms with van der Waals surface area (Å²) in [6.07, 6.45) is 0. The van der Waals surface area contributed by atoms with Gasteiger partial charge in [0.2, 0.25) is 0 Å². The van der Waals surface area contributed by atoms with Crippen LogP contribution in [0.4, 0.5) is 5.69 Å². The van der Waals surface area contributed by atoms with Gasteiger partial charge in [0.1, 0.15) is 9.77 Å². The summed E-state index contributed by atoms with van der Waals surface area (Å²) in [6, 6.07) is 6.28. The Balaban J connectivity index is 2.38. The van der Waals surface area contributed by atoms with Gasteiger partial charge in [0, 0.05) is 10.2 Å². The number of carboxylic acid groups (broad SMARTS) is 1. The zero-order valence-corrected chi connectivity index (χ0v) is 13.5. The molecule has 0 aliphatic carbocycles. The number of hydrogen-bond donors (Lipinski definition) is 2. The summed E-state index contributed by atoms with van der Waals surface area (Å²) >= 11 is 4.19. The van der Waals surface area contributed by atoms with Crippen molar-refractivity contribution >= 4 is 48.9 Å². The van der Waals surface area contributed by atoms with Crippen LogP contribution in [-0.2, 0) is 10.0 Å². The first-order chi connectivity index (χ1) is 9.31. The first-order valence-corrected chi connectivity index (χ1v) is 8.56. The molecular weight excluding hydrogens is 366 g/mol. The SMILES string of the molecule is Cc1ccc(NS(=O)(=O)c2ccsc2C(=O)O)cc1Br. The minimum absolute atomic E-state index is 0.205. The second-order valence-corrected chi connectivity index (χ2v) is 7.41. The zero-order chi connectivity index (χ0) is 14.9. The van der Waals surface area contributed by atoms with Crippen molar-refractivity contribution in [2.75, 3.05) is 4.72 Å². The number of anilines is 1. The molecule has 2 aromatic rings. The highest BCUT2D eigenvalue weighted by molar-refractivity contribution is 9.10. The third-order valence-corrected chi connectivity index (χ3v) is 5.85. The zero-order valence-electron chi connectivity index (χ0n) is 10.3. The van der Waals surface area contributed by atoms with E-state index in [1.807, 2.05) is 6.92 Å². The summed E-state index contributed by atoms with van der Waals surface area (Å²) in [6.45, 7) is 1.88. The Kier molecular flexibility index (Phi) is 4.17. The first kappa shape index (κ1) is 15.0. The molecule has 0 unspecified atom stereocenters. The molecule has 0 amide bonds. The molecule has 0 aliphatic heterocycles. The summed E-state index contributed by atoms with van der Waals surface area (Å²) in [7, 11) is -3.92. The van der Waals surface area contributed by atoms with Crippen molar-refractivity contribution in [2.45, 2.75) is 11.8 Å². The smallest absolute Gasteiger partial charge is 0.347 e. The van der Waals surface area contributed by atoms with Crippen LogP contribution in [0.15, 0.2) is 39.0 Å². The van der Waals surface area contributed by atoms with Crippen LogP contribution in [0, 0.1) is 6.92 Å². The van der Waals surface area contributed by atoms with Crippen molar-refractivity contribution in [2.24, 2.45) is 0 Å². The standard InChI is InChI=1S/C12H10BrNO4S2/c1-7-2-3-8(6-9(7)13)14-20(17,18)10-4-5-19-11(10)12(15)16/h2-6,14H,1H3,(H,15,16). The number of benzene rings is 1. The number of aryl methyl sites for hydroxylation is 1. The first-order valence-electron chi connectivity index (χ1n) is 5.41. The molecule has 0 atom stereocenters. The Morgan fingerprint density at radius 2 is 2.05 bits per heavy atom. The molecule has 0 bridgehead atoms. The Labute approximate surface area is 128 Å². The highest BCUT2D eigenvalue weighted by Crippen LogP contribution is 2.26. The van der Waals surface area contributed by atoms with Gasteiger partial charge in [-0.1, -0.05) is 22.0 Å². The minimum atomic E-state index is -3.92. The minimum Gasteiger partial charge on any atom is -0.477 e. The number of carbonyl (C=O) groups is 1.